The molecular formula is C52H100O17P2. The van der Waals surface area contributed by atoms with Crippen molar-refractivity contribution in [2.75, 3.05) is 39.6 Å². The van der Waals surface area contributed by atoms with Crippen molar-refractivity contribution in [1.29, 1.82) is 0 Å². The standard InChI is InChI=1S/C52H100O17P2/c1-5-9-13-17-20-23-26-29-33-37-50(55)63-43-48(69-52(57)39-35-31-27-24-21-18-14-10-6-2)45-67-71(60,61)65-41-46(53)40-64-70(58,59)66-44-47(42-62-49(54)36-32-28-16-12-8-4)68-51(56)38-34-30-25-22-19-15-11-7-3/h46-48,53H,5-45H2,1-4H3,(H,58,59)(H,60,61)/t46-,47+,48+/m0/s1. The Kier molecular flexibility index (Phi) is 46.4. The fourth-order valence-corrected chi connectivity index (χ4v) is 9.09. The number of aliphatic hydroxyl groups excluding tert-OH is 1. The Labute approximate surface area is 428 Å². The molecule has 0 saturated heterocycles. The molecule has 0 spiro atoms. The molecule has 0 aliphatic rings. The second kappa shape index (κ2) is 47.8. The van der Waals surface area contributed by atoms with Gasteiger partial charge in [0.05, 0.1) is 26.4 Å². The van der Waals surface area contributed by atoms with Crippen LogP contribution in [0.2, 0.25) is 0 Å². The van der Waals surface area contributed by atoms with Crippen LogP contribution in [-0.4, -0.2) is 96.7 Å². The molecule has 0 saturated carbocycles. The summed E-state index contributed by atoms with van der Waals surface area (Å²) in [7, 11) is -9.84. The van der Waals surface area contributed by atoms with Gasteiger partial charge in [0, 0.05) is 25.7 Å². The van der Waals surface area contributed by atoms with Crippen LogP contribution in [0.1, 0.15) is 252 Å². The summed E-state index contributed by atoms with van der Waals surface area (Å²) in [6.45, 7) is 4.65. The fraction of sp³-hybridized carbons (Fsp3) is 0.923. The van der Waals surface area contributed by atoms with Crippen LogP contribution in [0.3, 0.4) is 0 Å². The first-order valence-corrected chi connectivity index (χ1v) is 30.8. The molecule has 19 heteroatoms. The van der Waals surface area contributed by atoms with Gasteiger partial charge in [-0.3, -0.25) is 37.3 Å². The predicted molar refractivity (Wildman–Crippen MR) is 275 cm³/mol. The molecule has 5 atom stereocenters. The lowest BCUT2D eigenvalue weighted by molar-refractivity contribution is -0.161. The maximum atomic E-state index is 12.8. The van der Waals surface area contributed by atoms with Gasteiger partial charge in [0.2, 0.25) is 0 Å². The van der Waals surface area contributed by atoms with Gasteiger partial charge in [0.25, 0.3) is 0 Å². The van der Waals surface area contributed by atoms with Crippen molar-refractivity contribution in [2.45, 2.75) is 271 Å². The van der Waals surface area contributed by atoms with Crippen molar-refractivity contribution in [3.8, 4) is 0 Å². The summed E-state index contributed by atoms with van der Waals surface area (Å²) in [5.41, 5.74) is 0. The van der Waals surface area contributed by atoms with Gasteiger partial charge in [-0.1, -0.05) is 201 Å². The SMILES string of the molecule is CCCCCCCCCCCC(=O)OC[C@H](COP(=O)(O)OC[C@@H](O)COP(=O)(O)OC[C@@H](COC(=O)CCCCCCC)OC(=O)CCCCCCCCCC)OC(=O)CCCCCCCCCCC. The quantitative estimate of drug-likeness (QED) is 0.0222. The molecule has 0 aromatic carbocycles. The largest absolute Gasteiger partial charge is 0.472 e. The third kappa shape index (κ3) is 47.5. The average molecular weight is 1060 g/mol. The number of unbranched alkanes of at least 4 members (excludes halogenated alkanes) is 27. The van der Waals surface area contributed by atoms with E-state index in [0.717, 1.165) is 103 Å². The Morgan fingerprint density at radius 3 is 0.831 bits per heavy atom. The number of phosphoric acid groups is 2. The van der Waals surface area contributed by atoms with Gasteiger partial charge in [-0.05, 0) is 25.7 Å². The van der Waals surface area contributed by atoms with E-state index in [0.29, 0.717) is 25.7 Å². The van der Waals surface area contributed by atoms with E-state index in [1.54, 1.807) is 0 Å². The minimum atomic E-state index is -4.92. The van der Waals surface area contributed by atoms with Crippen LogP contribution in [-0.2, 0) is 65.4 Å². The van der Waals surface area contributed by atoms with Crippen molar-refractivity contribution in [1.82, 2.24) is 0 Å². The highest BCUT2D eigenvalue weighted by Gasteiger charge is 2.30. The summed E-state index contributed by atoms with van der Waals surface area (Å²) in [6.07, 6.45) is 28.4. The average Bonchev–Trinajstić information content (AvgIpc) is 3.34. The maximum Gasteiger partial charge on any atom is 0.472 e. The van der Waals surface area contributed by atoms with E-state index in [4.69, 9.17) is 37.0 Å². The summed E-state index contributed by atoms with van der Waals surface area (Å²) in [6, 6.07) is 0. The molecule has 0 aromatic rings. The molecule has 0 heterocycles. The Morgan fingerprint density at radius 2 is 0.563 bits per heavy atom. The van der Waals surface area contributed by atoms with Crippen LogP contribution in [0.25, 0.3) is 0 Å². The molecule has 0 aliphatic heterocycles. The predicted octanol–water partition coefficient (Wildman–Crippen LogP) is 13.3. The van der Waals surface area contributed by atoms with Crippen molar-refractivity contribution >= 4 is 39.5 Å². The zero-order valence-electron chi connectivity index (χ0n) is 44.7. The second-order valence-corrected chi connectivity index (χ2v) is 21.8. The zero-order chi connectivity index (χ0) is 52.7. The number of hydrogen-bond acceptors (Lipinski definition) is 15. The molecule has 420 valence electrons. The van der Waals surface area contributed by atoms with Crippen molar-refractivity contribution < 1.29 is 80.2 Å². The number of phosphoric ester groups is 2. The Morgan fingerprint density at radius 1 is 0.338 bits per heavy atom. The fourth-order valence-electron chi connectivity index (χ4n) is 7.51. The highest BCUT2D eigenvalue weighted by Crippen LogP contribution is 2.45. The van der Waals surface area contributed by atoms with Crippen molar-refractivity contribution in [3.63, 3.8) is 0 Å². The summed E-state index contributed by atoms with van der Waals surface area (Å²) in [4.78, 5) is 71.2. The number of aliphatic hydroxyl groups is 1. The molecule has 0 aromatic heterocycles. The molecule has 17 nitrogen and oxygen atoms in total. The summed E-state index contributed by atoms with van der Waals surface area (Å²) in [5, 5.41) is 10.4. The molecule has 0 amide bonds. The minimum absolute atomic E-state index is 0.104. The highest BCUT2D eigenvalue weighted by molar-refractivity contribution is 7.47. The summed E-state index contributed by atoms with van der Waals surface area (Å²) >= 11 is 0. The van der Waals surface area contributed by atoms with Gasteiger partial charge < -0.3 is 33.8 Å². The van der Waals surface area contributed by atoms with Gasteiger partial charge in [0.15, 0.2) is 12.2 Å². The van der Waals surface area contributed by atoms with Gasteiger partial charge in [-0.15, -0.1) is 0 Å². The molecule has 0 rings (SSSR count). The van der Waals surface area contributed by atoms with Gasteiger partial charge in [-0.2, -0.15) is 0 Å². The molecule has 2 unspecified atom stereocenters. The third-order valence-electron chi connectivity index (χ3n) is 11.9. The Balaban J connectivity index is 5.17. The first kappa shape index (κ1) is 69.1. The topological polar surface area (TPSA) is 237 Å². The number of rotatable bonds is 53. The molecule has 3 N–H and O–H groups in total. The number of carbonyl (C=O) groups is 4. The van der Waals surface area contributed by atoms with Crippen LogP contribution in [0.4, 0.5) is 0 Å². The van der Waals surface area contributed by atoms with E-state index >= 15 is 0 Å². The lowest BCUT2D eigenvalue weighted by Crippen LogP contribution is -2.30. The first-order chi connectivity index (χ1) is 34.2. The zero-order valence-corrected chi connectivity index (χ0v) is 46.5. The third-order valence-corrected chi connectivity index (χ3v) is 13.8. The molecule has 71 heavy (non-hydrogen) atoms. The molecular weight excluding hydrogens is 959 g/mol. The molecule has 0 bridgehead atoms. The second-order valence-electron chi connectivity index (χ2n) is 18.9. The molecule has 0 aliphatic carbocycles. The minimum Gasteiger partial charge on any atom is -0.462 e. The lowest BCUT2D eigenvalue weighted by atomic mass is 10.1. The lowest BCUT2D eigenvalue weighted by Gasteiger charge is -2.21. The molecule has 0 fully saturated rings. The monoisotopic (exact) mass is 1060 g/mol. The number of ether oxygens (including phenoxy) is 4. The van der Waals surface area contributed by atoms with Crippen LogP contribution in [0, 0.1) is 0 Å². The maximum absolute atomic E-state index is 12.8. The summed E-state index contributed by atoms with van der Waals surface area (Å²) < 4.78 is 67.1. The van der Waals surface area contributed by atoms with Gasteiger partial charge >= 0.3 is 39.5 Å². The van der Waals surface area contributed by atoms with E-state index in [1.165, 1.54) is 70.6 Å². The number of esters is 4. The van der Waals surface area contributed by atoms with E-state index in [1.807, 2.05) is 0 Å². The van der Waals surface area contributed by atoms with E-state index < -0.39 is 97.5 Å². The van der Waals surface area contributed by atoms with Gasteiger partial charge in [0.1, 0.15) is 19.3 Å². The first-order valence-electron chi connectivity index (χ1n) is 27.8. The van der Waals surface area contributed by atoms with Crippen LogP contribution in [0.5, 0.6) is 0 Å². The highest BCUT2D eigenvalue weighted by atomic mass is 31.2. The van der Waals surface area contributed by atoms with Crippen LogP contribution < -0.4 is 0 Å². The van der Waals surface area contributed by atoms with E-state index in [2.05, 4.69) is 27.7 Å². The van der Waals surface area contributed by atoms with Crippen LogP contribution in [0.15, 0.2) is 0 Å². The summed E-state index contributed by atoms with van der Waals surface area (Å²) in [5.74, 6) is -2.17. The number of hydrogen-bond donors (Lipinski definition) is 3. The molecule has 0 radical (unpaired) electrons. The van der Waals surface area contributed by atoms with Crippen molar-refractivity contribution in [3.05, 3.63) is 0 Å². The van der Waals surface area contributed by atoms with E-state index in [9.17, 15) is 43.2 Å². The van der Waals surface area contributed by atoms with Crippen molar-refractivity contribution in [2.24, 2.45) is 0 Å². The normalized spacial score (nSPS) is 14.5. The van der Waals surface area contributed by atoms with Crippen LogP contribution >= 0.6 is 15.6 Å². The Hall–Kier alpha value is -1.94. The van der Waals surface area contributed by atoms with Gasteiger partial charge in [-0.25, -0.2) is 9.13 Å². The Bertz CT molecular complexity index is 1400. The number of carbonyl (C=O) groups excluding carboxylic acids is 4. The van der Waals surface area contributed by atoms with E-state index in [-0.39, 0.29) is 25.7 Å². The smallest absolute Gasteiger partial charge is 0.462 e.